The Morgan fingerprint density at radius 3 is 2.42 bits per heavy atom. The lowest BCUT2D eigenvalue weighted by molar-refractivity contribution is 0.373. The zero-order valence-corrected chi connectivity index (χ0v) is 10.9. The van der Waals surface area contributed by atoms with Crippen LogP contribution in [-0.4, -0.2) is 6.67 Å². The molecule has 19 heavy (non-hydrogen) atoms. The van der Waals surface area contributed by atoms with E-state index in [2.05, 4.69) is 6.08 Å². The summed E-state index contributed by atoms with van der Waals surface area (Å²) in [6.07, 6.45) is 8.52. The Kier molecular flexibility index (Phi) is 5.06. The van der Waals surface area contributed by atoms with E-state index in [-0.39, 0.29) is 6.67 Å². The molecule has 0 radical (unpaired) electrons. The standard InChI is InChI=1S/C16H19F3/c17-10-2-1-3-12-4-6-13(7-5-12)14-8-9-15(18)16(19)11-14/h1,3,8-9,11-13H,2,4-7,10H2/b3-1+/t12-,13-. The number of benzene rings is 1. The first-order valence-corrected chi connectivity index (χ1v) is 6.88. The molecule has 1 aromatic rings. The largest absolute Gasteiger partial charge is 0.251 e. The SMILES string of the molecule is FCC/C=C/[C@H]1CC[C@H](c2ccc(F)c(F)c2)CC1. The number of hydrogen-bond donors (Lipinski definition) is 0. The molecule has 1 saturated carbocycles. The van der Waals surface area contributed by atoms with E-state index in [1.807, 2.05) is 6.08 Å². The average molecular weight is 268 g/mol. The van der Waals surface area contributed by atoms with Crippen molar-refractivity contribution in [2.45, 2.75) is 38.0 Å². The first-order valence-electron chi connectivity index (χ1n) is 6.88. The molecule has 0 unspecified atom stereocenters. The number of allylic oxidation sites excluding steroid dienone is 2. The summed E-state index contributed by atoms with van der Waals surface area (Å²) in [6.45, 7) is -0.305. The molecule has 0 spiro atoms. The summed E-state index contributed by atoms with van der Waals surface area (Å²) >= 11 is 0. The third-order valence-electron chi connectivity index (χ3n) is 3.87. The minimum Gasteiger partial charge on any atom is -0.251 e. The second kappa shape index (κ2) is 6.78. The van der Waals surface area contributed by atoms with Crippen molar-refractivity contribution in [1.82, 2.24) is 0 Å². The van der Waals surface area contributed by atoms with Gasteiger partial charge in [0.1, 0.15) is 0 Å². The van der Waals surface area contributed by atoms with Gasteiger partial charge in [-0.1, -0.05) is 18.2 Å². The predicted octanol–water partition coefficient (Wildman–Crippen LogP) is 5.15. The van der Waals surface area contributed by atoms with Crippen molar-refractivity contribution in [3.63, 3.8) is 0 Å². The quantitative estimate of drug-likeness (QED) is 0.662. The van der Waals surface area contributed by atoms with E-state index in [9.17, 15) is 13.2 Å². The van der Waals surface area contributed by atoms with Crippen LogP contribution in [0.2, 0.25) is 0 Å². The van der Waals surface area contributed by atoms with Gasteiger partial charge in [-0.3, -0.25) is 4.39 Å². The van der Waals surface area contributed by atoms with E-state index in [1.54, 1.807) is 6.07 Å². The lowest BCUT2D eigenvalue weighted by Gasteiger charge is -2.27. The highest BCUT2D eigenvalue weighted by Crippen LogP contribution is 2.36. The highest BCUT2D eigenvalue weighted by atomic mass is 19.2. The van der Waals surface area contributed by atoms with Crippen molar-refractivity contribution < 1.29 is 13.2 Å². The number of hydrogen-bond acceptors (Lipinski definition) is 0. The molecule has 0 aliphatic heterocycles. The smallest absolute Gasteiger partial charge is 0.159 e. The Morgan fingerprint density at radius 2 is 1.79 bits per heavy atom. The van der Waals surface area contributed by atoms with E-state index < -0.39 is 11.6 Å². The van der Waals surface area contributed by atoms with Gasteiger partial charge in [0.05, 0.1) is 6.67 Å². The summed E-state index contributed by atoms with van der Waals surface area (Å²) < 4.78 is 38.1. The maximum Gasteiger partial charge on any atom is 0.159 e. The van der Waals surface area contributed by atoms with Gasteiger partial charge < -0.3 is 0 Å². The normalized spacial score (nSPS) is 23.9. The topological polar surface area (TPSA) is 0 Å². The van der Waals surface area contributed by atoms with Crippen LogP contribution < -0.4 is 0 Å². The first kappa shape index (κ1) is 14.2. The molecule has 0 heterocycles. The van der Waals surface area contributed by atoms with Gasteiger partial charge in [-0.2, -0.15) is 0 Å². The Hall–Kier alpha value is -1.25. The monoisotopic (exact) mass is 268 g/mol. The van der Waals surface area contributed by atoms with Crippen molar-refractivity contribution in [3.8, 4) is 0 Å². The predicted molar refractivity (Wildman–Crippen MR) is 70.8 cm³/mol. The summed E-state index contributed by atoms with van der Waals surface area (Å²) in [7, 11) is 0. The molecule has 0 atom stereocenters. The maximum atomic E-state index is 13.2. The number of halogens is 3. The van der Waals surface area contributed by atoms with Gasteiger partial charge in [0.15, 0.2) is 11.6 Å². The average Bonchev–Trinajstić information content (AvgIpc) is 2.43. The van der Waals surface area contributed by atoms with E-state index >= 15 is 0 Å². The van der Waals surface area contributed by atoms with E-state index in [0.29, 0.717) is 18.3 Å². The van der Waals surface area contributed by atoms with Crippen molar-refractivity contribution in [1.29, 1.82) is 0 Å². The molecule has 104 valence electrons. The molecule has 1 aromatic carbocycles. The van der Waals surface area contributed by atoms with Crippen molar-refractivity contribution >= 4 is 0 Å². The van der Waals surface area contributed by atoms with Gasteiger partial charge in [0.2, 0.25) is 0 Å². The highest BCUT2D eigenvalue weighted by molar-refractivity contribution is 5.22. The molecule has 0 amide bonds. The van der Waals surface area contributed by atoms with Crippen LogP contribution in [0, 0.1) is 17.6 Å². The van der Waals surface area contributed by atoms with Crippen LogP contribution in [0.5, 0.6) is 0 Å². The van der Waals surface area contributed by atoms with Crippen LogP contribution in [0.15, 0.2) is 30.4 Å². The molecule has 0 N–H and O–H groups in total. The fraction of sp³-hybridized carbons (Fsp3) is 0.500. The zero-order chi connectivity index (χ0) is 13.7. The molecular weight excluding hydrogens is 249 g/mol. The van der Waals surface area contributed by atoms with Crippen LogP contribution in [-0.2, 0) is 0 Å². The molecule has 0 nitrogen and oxygen atoms in total. The fourth-order valence-corrected chi connectivity index (χ4v) is 2.76. The molecule has 1 aliphatic carbocycles. The molecule has 3 heteroatoms. The van der Waals surface area contributed by atoms with Gasteiger partial charge >= 0.3 is 0 Å². The minimum absolute atomic E-state index is 0.305. The highest BCUT2D eigenvalue weighted by Gasteiger charge is 2.21. The molecule has 0 saturated heterocycles. The minimum atomic E-state index is -0.786. The zero-order valence-electron chi connectivity index (χ0n) is 10.9. The lowest BCUT2D eigenvalue weighted by Crippen LogP contribution is -2.12. The Bertz CT molecular complexity index is 432. The van der Waals surface area contributed by atoms with Crippen LogP contribution in [0.3, 0.4) is 0 Å². The molecular formula is C16H19F3. The maximum absolute atomic E-state index is 13.2. The van der Waals surface area contributed by atoms with E-state index in [1.165, 1.54) is 12.1 Å². The van der Waals surface area contributed by atoms with Crippen LogP contribution in [0.4, 0.5) is 13.2 Å². The number of alkyl halides is 1. The summed E-state index contributed by atoms with van der Waals surface area (Å²) in [5, 5.41) is 0. The van der Waals surface area contributed by atoms with E-state index in [0.717, 1.165) is 31.2 Å². The molecule has 0 aromatic heterocycles. The third-order valence-corrected chi connectivity index (χ3v) is 3.87. The molecule has 2 rings (SSSR count). The van der Waals surface area contributed by atoms with Gasteiger partial charge in [-0.15, -0.1) is 0 Å². The van der Waals surface area contributed by atoms with Crippen LogP contribution >= 0.6 is 0 Å². The Balaban J connectivity index is 1.90. The second-order valence-electron chi connectivity index (χ2n) is 5.19. The van der Waals surface area contributed by atoms with Gasteiger partial charge in [0.25, 0.3) is 0 Å². The Morgan fingerprint density at radius 1 is 1.05 bits per heavy atom. The lowest BCUT2D eigenvalue weighted by atomic mass is 9.78. The summed E-state index contributed by atoms with van der Waals surface area (Å²) in [4.78, 5) is 0. The number of rotatable bonds is 4. The van der Waals surface area contributed by atoms with Crippen molar-refractivity contribution in [2.24, 2.45) is 5.92 Å². The summed E-state index contributed by atoms with van der Waals surface area (Å²) in [5.41, 5.74) is 0.894. The van der Waals surface area contributed by atoms with Crippen LogP contribution in [0.1, 0.15) is 43.6 Å². The van der Waals surface area contributed by atoms with Crippen LogP contribution in [0.25, 0.3) is 0 Å². The summed E-state index contributed by atoms with van der Waals surface area (Å²) in [5.74, 6) is -0.719. The second-order valence-corrected chi connectivity index (χ2v) is 5.19. The summed E-state index contributed by atoms with van der Waals surface area (Å²) in [6, 6.07) is 4.21. The fourth-order valence-electron chi connectivity index (χ4n) is 2.76. The van der Waals surface area contributed by atoms with E-state index in [4.69, 9.17) is 0 Å². The van der Waals surface area contributed by atoms with Gasteiger partial charge in [0, 0.05) is 0 Å². The molecule has 1 aliphatic rings. The Labute approximate surface area is 112 Å². The van der Waals surface area contributed by atoms with Gasteiger partial charge in [-0.25, -0.2) is 8.78 Å². The van der Waals surface area contributed by atoms with Crippen molar-refractivity contribution in [2.75, 3.05) is 6.67 Å². The molecule has 1 fully saturated rings. The van der Waals surface area contributed by atoms with Crippen molar-refractivity contribution in [3.05, 3.63) is 47.5 Å². The third kappa shape index (κ3) is 3.85. The molecule has 0 bridgehead atoms. The first-order chi connectivity index (χ1) is 9.20. The van der Waals surface area contributed by atoms with Gasteiger partial charge in [-0.05, 0) is 61.6 Å².